The highest BCUT2D eigenvalue weighted by molar-refractivity contribution is 8.00. The summed E-state index contributed by atoms with van der Waals surface area (Å²) in [6.45, 7) is 7.11. The first-order valence-corrected chi connectivity index (χ1v) is 9.36. The number of thioether (sulfide) groups is 1. The van der Waals surface area contributed by atoms with E-state index in [1.807, 2.05) is 20.8 Å². The van der Waals surface area contributed by atoms with Crippen LogP contribution < -0.4 is 20.1 Å². The predicted molar refractivity (Wildman–Crippen MR) is 105 cm³/mol. The third-order valence-corrected chi connectivity index (χ3v) is 4.31. The lowest BCUT2D eigenvalue weighted by atomic mass is 10.1. The van der Waals surface area contributed by atoms with E-state index in [-0.39, 0.29) is 11.1 Å². The van der Waals surface area contributed by atoms with Crippen LogP contribution in [0.15, 0.2) is 27.8 Å². The Morgan fingerprint density at radius 3 is 2.25 bits per heavy atom. The number of rotatable bonds is 6. The Balaban J connectivity index is 2.04. The molecule has 0 spiro atoms. The molecule has 3 amide bonds. The third-order valence-electron chi connectivity index (χ3n) is 3.38. The highest BCUT2D eigenvalue weighted by Crippen LogP contribution is 2.31. The standard InChI is InChI=1S/C18H24N4O5S/c1-10(14(23)19-16(24)20-18(2,3)4)28-17-22-21-15(27-17)11-7-12(25-5)9-13(8-11)26-6/h7-10H,1-6H3,(H2,19,20,23,24)/t10-/m0/s1. The molecule has 2 rings (SSSR count). The molecule has 152 valence electrons. The Labute approximate surface area is 167 Å². The smallest absolute Gasteiger partial charge is 0.321 e. The zero-order chi connectivity index (χ0) is 20.9. The van der Waals surface area contributed by atoms with Crippen molar-refractivity contribution in [2.75, 3.05) is 14.2 Å². The Hall–Kier alpha value is -2.75. The van der Waals surface area contributed by atoms with Gasteiger partial charge in [0.05, 0.1) is 19.5 Å². The fourth-order valence-corrected chi connectivity index (χ4v) is 2.78. The molecule has 0 radical (unpaired) electrons. The average molecular weight is 408 g/mol. The van der Waals surface area contributed by atoms with Gasteiger partial charge in [-0.05, 0) is 39.8 Å². The van der Waals surface area contributed by atoms with Gasteiger partial charge in [-0.25, -0.2) is 4.79 Å². The lowest BCUT2D eigenvalue weighted by Gasteiger charge is -2.20. The van der Waals surface area contributed by atoms with Crippen LogP contribution in [0.1, 0.15) is 27.7 Å². The lowest BCUT2D eigenvalue weighted by Crippen LogP contribution is -2.49. The van der Waals surface area contributed by atoms with E-state index in [9.17, 15) is 9.59 Å². The number of ether oxygens (including phenoxy) is 2. The molecule has 1 atom stereocenters. The maximum absolute atomic E-state index is 12.2. The topological polar surface area (TPSA) is 116 Å². The molecule has 0 aliphatic carbocycles. The minimum atomic E-state index is -0.612. The van der Waals surface area contributed by atoms with Gasteiger partial charge in [0, 0.05) is 17.2 Å². The average Bonchev–Trinajstić information content (AvgIpc) is 3.07. The van der Waals surface area contributed by atoms with Crippen LogP contribution in [0.4, 0.5) is 4.79 Å². The summed E-state index contributed by atoms with van der Waals surface area (Å²) in [4.78, 5) is 24.0. The largest absolute Gasteiger partial charge is 0.497 e. The van der Waals surface area contributed by atoms with E-state index in [0.29, 0.717) is 17.1 Å². The van der Waals surface area contributed by atoms with Crippen molar-refractivity contribution >= 4 is 23.7 Å². The van der Waals surface area contributed by atoms with Crippen LogP contribution >= 0.6 is 11.8 Å². The molecule has 0 saturated heterocycles. The summed E-state index contributed by atoms with van der Waals surface area (Å²) in [6.07, 6.45) is 0. The SMILES string of the molecule is COc1cc(OC)cc(-c2nnc(S[C@@H](C)C(=O)NC(=O)NC(C)(C)C)o2)c1. The quantitative estimate of drug-likeness (QED) is 0.701. The summed E-state index contributed by atoms with van der Waals surface area (Å²) in [6, 6.07) is 4.64. The number of nitrogens with zero attached hydrogens (tertiary/aromatic N) is 2. The molecule has 10 heteroatoms. The molecule has 2 N–H and O–H groups in total. The van der Waals surface area contributed by atoms with E-state index in [2.05, 4.69) is 20.8 Å². The van der Waals surface area contributed by atoms with E-state index in [1.54, 1.807) is 39.3 Å². The number of hydrogen-bond donors (Lipinski definition) is 2. The maximum atomic E-state index is 12.2. The number of hydrogen-bond acceptors (Lipinski definition) is 8. The molecule has 0 unspecified atom stereocenters. The highest BCUT2D eigenvalue weighted by Gasteiger charge is 2.22. The highest BCUT2D eigenvalue weighted by atomic mass is 32.2. The second kappa shape index (κ2) is 8.96. The van der Waals surface area contributed by atoms with Crippen LogP contribution in [-0.4, -0.2) is 47.1 Å². The Morgan fingerprint density at radius 2 is 1.71 bits per heavy atom. The normalized spacial score (nSPS) is 12.2. The van der Waals surface area contributed by atoms with Crippen molar-refractivity contribution in [3.63, 3.8) is 0 Å². The molecule has 2 aromatic rings. The van der Waals surface area contributed by atoms with Crippen LogP contribution in [0.25, 0.3) is 11.5 Å². The molecule has 1 aromatic carbocycles. The van der Waals surface area contributed by atoms with Gasteiger partial charge < -0.3 is 19.2 Å². The number of methoxy groups -OCH3 is 2. The number of imide groups is 1. The van der Waals surface area contributed by atoms with Gasteiger partial charge in [-0.2, -0.15) is 0 Å². The van der Waals surface area contributed by atoms with Crippen LogP contribution in [0, 0.1) is 0 Å². The van der Waals surface area contributed by atoms with Gasteiger partial charge in [0.25, 0.3) is 5.22 Å². The Bertz CT molecular complexity index is 824. The molecule has 0 bridgehead atoms. The molecular formula is C18H24N4O5S. The van der Waals surface area contributed by atoms with Crippen molar-refractivity contribution in [3.8, 4) is 23.0 Å². The second-order valence-electron chi connectivity index (χ2n) is 6.93. The second-order valence-corrected chi connectivity index (χ2v) is 8.22. The van der Waals surface area contributed by atoms with Gasteiger partial charge in [-0.1, -0.05) is 11.8 Å². The van der Waals surface area contributed by atoms with Crippen molar-refractivity contribution in [2.24, 2.45) is 0 Å². The summed E-state index contributed by atoms with van der Waals surface area (Å²) in [5.74, 6) is 0.964. The van der Waals surface area contributed by atoms with Crippen molar-refractivity contribution in [3.05, 3.63) is 18.2 Å². The van der Waals surface area contributed by atoms with Crippen molar-refractivity contribution in [1.82, 2.24) is 20.8 Å². The van der Waals surface area contributed by atoms with E-state index in [0.717, 1.165) is 11.8 Å². The van der Waals surface area contributed by atoms with Gasteiger partial charge in [-0.15, -0.1) is 10.2 Å². The number of benzene rings is 1. The minimum Gasteiger partial charge on any atom is -0.497 e. The first-order valence-electron chi connectivity index (χ1n) is 8.48. The number of urea groups is 1. The van der Waals surface area contributed by atoms with Gasteiger partial charge in [0.1, 0.15) is 11.5 Å². The number of aromatic nitrogens is 2. The maximum Gasteiger partial charge on any atom is 0.321 e. The fourth-order valence-electron chi connectivity index (χ4n) is 2.10. The number of nitrogens with one attached hydrogen (secondary N) is 2. The minimum absolute atomic E-state index is 0.204. The van der Waals surface area contributed by atoms with E-state index in [1.165, 1.54) is 0 Å². The van der Waals surface area contributed by atoms with Gasteiger partial charge >= 0.3 is 6.03 Å². The van der Waals surface area contributed by atoms with Gasteiger partial charge in [0.15, 0.2) is 0 Å². The fraction of sp³-hybridized carbons (Fsp3) is 0.444. The lowest BCUT2D eigenvalue weighted by molar-refractivity contribution is -0.119. The number of carbonyl (C=O) groups is 2. The molecular weight excluding hydrogens is 384 g/mol. The first kappa shape index (κ1) is 21.5. The Kier molecular flexibility index (Phi) is 6.90. The van der Waals surface area contributed by atoms with Crippen molar-refractivity contribution in [1.29, 1.82) is 0 Å². The first-order chi connectivity index (χ1) is 13.1. The monoisotopic (exact) mass is 408 g/mol. The van der Waals surface area contributed by atoms with E-state index >= 15 is 0 Å². The molecule has 0 fully saturated rings. The summed E-state index contributed by atoms with van der Waals surface area (Å²) in [7, 11) is 3.09. The van der Waals surface area contributed by atoms with Crippen molar-refractivity contribution < 1.29 is 23.5 Å². The van der Waals surface area contributed by atoms with Crippen LogP contribution in [0.2, 0.25) is 0 Å². The van der Waals surface area contributed by atoms with Crippen LogP contribution in [-0.2, 0) is 4.79 Å². The molecule has 0 saturated carbocycles. The summed E-state index contributed by atoms with van der Waals surface area (Å²) < 4.78 is 16.1. The Morgan fingerprint density at radius 1 is 1.11 bits per heavy atom. The summed E-state index contributed by atoms with van der Waals surface area (Å²) in [5.41, 5.74) is 0.178. The van der Waals surface area contributed by atoms with Crippen molar-refractivity contribution in [2.45, 2.75) is 43.7 Å². The number of carbonyl (C=O) groups excluding carboxylic acids is 2. The molecule has 1 aromatic heterocycles. The van der Waals surface area contributed by atoms with E-state index < -0.39 is 22.7 Å². The number of amides is 3. The van der Waals surface area contributed by atoms with Crippen LogP contribution in [0.3, 0.4) is 0 Å². The summed E-state index contributed by atoms with van der Waals surface area (Å²) >= 11 is 1.05. The molecule has 9 nitrogen and oxygen atoms in total. The molecule has 0 aliphatic heterocycles. The van der Waals surface area contributed by atoms with Gasteiger partial charge in [-0.3, -0.25) is 10.1 Å². The third kappa shape index (κ3) is 6.15. The van der Waals surface area contributed by atoms with Crippen LogP contribution in [0.5, 0.6) is 11.5 Å². The summed E-state index contributed by atoms with van der Waals surface area (Å²) in [5, 5.41) is 12.5. The van der Waals surface area contributed by atoms with Gasteiger partial charge in [0.2, 0.25) is 11.8 Å². The molecule has 28 heavy (non-hydrogen) atoms. The molecule has 1 heterocycles. The van der Waals surface area contributed by atoms with E-state index in [4.69, 9.17) is 13.9 Å². The molecule has 0 aliphatic rings. The predicted octanol–water partition coefficient (Wildman–Crippen LogP) is 2.86. The zero-order valence-electron chi connectivity index (χ0n) is 16.7. The zero-order valence-corrected chi connectivity index (χ0v) is 17.5.